The highest BCUT2D eigenvalue weighted by Crippen LogP contribution is 2.05. The normalized spacial score (nSPS) is 10.3. The molecule has 0 aliphatic rings. The monoisotopic (exact) mass is 204 g/mol. The number of aryl methyl sites for hydroxylation is 2. The van der Waals surface area contributed by atoms with Crippen molar-refractivity contribution in [3.63, 3.8) is 0 Å². The van der Waals surface area contributed by atoms with E-state index in [9.17, 15) is 0 Å². The molecular weight excluding hydrogens is 192 g/mol. The fourth-order valence-electron chi connectivity index (χ4n) is 1.11. The Morgan fingerprint density at radius 3 is 2.80 bits per heavy atom. The van der Waals surface area contributed by atoms with E-state index in [1.54, 1.807) is 12.5 Å². The first-order chi connectivity index (χ1) is 7.25. The van der Waals surface area contributed by atoms with Crippen LogP contribution in [0.5, 0.6) is 0 Å². The Labute approximate surface area is 87.6 Å². The second-order valence-electron chi connectivity index (χ2n) is 3.29. The van der Waals surface area contributed by atoms with Gasteiger partial charge in [-0.1, -0.05) is 0 Å². The zero-order valence-electron chi connectivity index (χ0n) is 8.69. The van der Waals surface area contributed by atoms with Gasteiger partial charge in [0.1, 0.15) is 0 Å². The van der Waals surface area contributed by atoms with Crippen LogP contribution >= 0.6 is 0 Å². The van der Waals surface area contributed by atoms with Crippen molar-refractivity contribution < 1.29 is 4.42 Å². The van der Waals surface area contributed by atoms with Crippen LogP contribution < -0.4 is 5.32 Å². The van der Waals surface area contributed by atoms with E-state index in [0.29, 0.717) is 12.5 Å². The lowest BCUT2D eigenvalue weighted by Gasteiger charge is -2.03. The quantitative estimate of drug-likeness (QED) is 0.824. The highest BCUT2D eigenvalue weighted by Gasteiger charge is 2.01. The zero-order chi connectivity index (χ0) is 10.7. The van der Waals surface area contributed by atoms with Crippen LogP contribution in [0.2, 0.25) is 0 Å². The molecule has 1 N–H and O–H groups in total. The zero-order valence-corrected chi connectivity index (χ0v) is 8.69. The van der Waals surface area contributed by atoms with Crippen LogP contribution in [0.25, 0.3) is 0 Å². The van der Waals surface area contributed by atoms with Crippen molar-refractivity contribution in [3.8, 4) is 0 Å². The van der Waals surface area contributed by atoms with Gasteiger partial charge in [-0.3, -0.25) is 0 Å². The molecule has 0 unspecified atom stereocenters. The minimum atomic E-state index is 0.541. The summed E-state index contributed by atoms with van der Waals surface area (Å²) >= 11 is 0. The van der Waals surface area contributed by atoms with E-state index in [-0.39, 0.29) is 0 Å². The molecule has 0 spiro atoms. The first kappa shape index (κ1) is 9.64. The Bertz CT molecular complexity index is 439. The number of hydrogen-bond donors (Lipinski definition) is 1. The maximum absolute atomic E-state index is 4.95. The Hall–Kier alpha value is -1.91. The van der Waals surface area contributed by atoms with Gasteiger partial charge in [0, 0.05) is 12.1 Å². The van der Waals surface area contributed by atoms with E-state index in [4.69, 9.17) is 4.42 Å². The molecule has 78 valence electrons. The van der Waals surface area contributed by atoms with Gasteiger partial charge in [-0.2, -0.15) is 5.10 Å². The maximum atomic E-state index is 4.95. The Morgan fingerprint density at radius 1 is 1.27 bits per heavy atom. The largest absolute Gasteiger partial charge is 0.472 e. The van der Waals surface area contributed by atoms with Crippen LogP contribution in [-0.4, -0.2) is 15.2 Å². The SMILES string of the molecule is Cc1nnc(NCc2ccoc2)nc1C. The van der Waals surface area contributed by atoms with Gasteiger partial charge in [-0.25, -0.2) is 4.98 Å². The molecule has 0 aromatic carbocycles. The van der Waals surface area contributed by atoms with Crippen LogP contribution in [0, 0.1) is 13.8 Å². The van der Waals surface area contributed by atoms with Crippen molar-refractivity contribution in [2.75, 3.05) is 5.32 Å². The molecule has 15 heavy (non-hydrogen) atoms. The molecule has 0 fully saturated rings. The second kappa shape index (κ2) is 4.08. The lowest BCUT2D eigenvalue weighted by atomic mass is 10.3. The standard InChI is InChI=1S/C10H12N4O/c1-7-8(2)13-14-10(12-7)11-5-9-3-4-15-6-9/h3-4,6H,5H2,1-2H3,(H,11,12,14). The molecule has 2 aromatic heterocycles. The van der Waals surface area contributed by atoms with Gasteiger partial charge in [0.25, 0.3) is 0 Å². The van der Waals surface area contributed by atoms with E-state index in [0.717, 1.165) is 17.0 Å². The first-order valence-electron chi connectivity index (χ1n) is 4.68. The first-order valence-corrected chi connectivity index (χ1v) is 4.68. The lowest BCUT2D eigenvalue weighted by Crippen LogP contribution is -2.06. The summed E-state index contributed by atoms with van der Waals surface area (Å²) in [5, 5.41) is 11.0. The third kappa shape index (κ3) is 2.31. The molecule has 0 saturated carbocycles. The van der Waals surface area contributed by atoms with Gasteiger partial charge in [-0.05, 0) is 19.9 Å². The van der Waals surface area contributed by atoms with E-state index in [1.165, 1.54) is 0 Å². The average molecular weight is 204 g/mol. The van der Waals surface area contributed by atoms with Gasteiger partial charge in [0.05, 0.1) is 23.9 Å². The number of nitrogens with zero attached hydrogens (tertiary/aromatic N) is 3. The number of anilines is 1. The molecule has 0 saturated heterocycles. The Balaban J connectivity index is 2.02. The number of furan rings is 1. The third-order valence-corrected chi connectivity index (χ3v) is 2.12. The average Bonchev–Trinajstić information content (AvgIpc) is 2.73. The van der Waals surface area contributed by atoms with Crippen molar-refractivity contribution in [3.05, 3.63) is 35.5 Å². The maximum Gasteiger partial charge on any atom is 0.243 e. The third-order valence-electron chi connectivity index (χ3n) is 2.12. The topological polar surface area (TPSA) is 63.8 Å². The molecule has 5 heteroatoms. The van der Waals surface area contributed by atoms with E-state index < -0.39 is 0 Å². The summed E-state index contributed by atoms with van der Waals surface area (Å²) in [6, 6.07) is 1.89. The van der Waals surface area contributed by atoms with E-state index in [1.807, 2.05) is 19.9 Å². The summed E-state index contributed by atoms with van der Waals surface area (Å²) in [6.07, 6.45) is 3.32. The minimum Gasteiger partial charge on any atom is -0.472 e. The van der Waals surface area contributed by atoms with Gasteiger partial charge in [-0.15, -0.1) is 5.10 Å². The Kier molecular flexibility index (Phi) is 2.62. The summed E-state index contributed by atoms with van der Waals surface area (Å²) < 4.78 is 4.95. The van der Waals surface area contributed by atoms with Crippen molar-refractivity contribution in [2.24, 2.45) is 0 Å². The molecule has 0 aliphatic carbocycles. The van der Waals surface area contributed by atoms with E-state index >= 15 is 0 Å². The van der Waals surface area contributed by atoms with E-state index in [2.05, 4.69) is 20.5 Å². The van der Waals surface area contributed by atoms with Crippen LogP contribution in [0.3, 0.4) is 0 Å². The van der Waals surface area contributed by atoms with Crippen molar-refractivity contribution in [1.82, 2.24) is 15.2 Å². The summed E-state index contributed by atoms with van der Waals surface area (Å²) in [5.74, 6) is 0.541. The second-order valence-corrected chi connectivity index (χ2v) is 3.29. The van der Waals surface area contributed by atoms with Crippen LogP contribution in [-0.2, 0) is 6.54 Å². The summed E-state index contributed by atoms with van der Waals surface area (Å²) in [5.41, 5.74) is 2.79. The molecule has 0 bridgehead atoms. The van der Waals surface area contributed by atoms with Gasteiger partial charge in [0.2, 0.25) is 5.95 Å². The summed E-state index contributed by atoms with van der Waals surface area (Å²) in [4.78, 5) is 4.26. The van der Waals surface area contributed by atoms with Crippen LogP contribution in [0.1, 0.15) is 17.0 Å². The molecule has 0 atom stereocenters. The lowest BCUT2D eigenvalue weighted by molar-refractivity contribution is 0.564. The van der Waals surface area contributed by atoms with Crippen LogP contribution in [0.4, 0.5) is 5.95 Å². The molecule has 0 radical (unpaired) electrons. The number of nitrogens with one attached hydrogen (secondary N) is 1. The highest BCUT2D eigenvalue weighted by molar-refractivity contribution is 5.26. The van der Waals surface area contributed by atoms with Gasteiger partial charge >= 0.3 is 0 Å². The minimum absolute atomic E-state index is 0.541. The number of hydrogen-bond acceptors (Lipinski definition) is 5. The van der Waals surface area contributed by atoms with Gasteiger partial charge in [0.15, 0.2) is 0 Å². The smallest absolute Gasteiger partial charge is 0.243 e. The molecule has 2 rings (SSSR count). The highest BCUT2D eigenvalue weighted by atomic mass is 16.3. The predicted octanol–water partition coefficient (Wildman–Crippen LogP) is 1.69. The van der Waals surface area contributed by atoms with Crippen LogP contribution in [0.15, 0.2) is 23.0 Å². The number of aromatic nitrogens is 3. The fourth-order valence-corrected chi connectivity index (χ4v) is 1.11. The molecule has 2 heterocycles. The fraction of sp³-hybridized carbons (Fsp3) is 0.300. The van der Waals surface area contributed by atoms with Crippen molar-refractivity contribution in [2.45, 2.75) is 20.4 Å². The summed E-state index contributed by atoms with van der Waals surface area (Å²) in [6.45, 7) is 4.43. The molecular formula is C10H12N4O. The molecule has 0 aliphatic heterocycles. The molecule has 5 nitrogen and oxygen atoms in total. The van der Waals surface area contributed by atoms with Crippen molar-refractivity contribution in [1.29, 1.82) is 0 Å². The predicted molar refractivity (Wildman–Crippen MR) is 55.3 cm³/mol. The Morgan fingerprint density at radius 2 is 2.13 bits per heavy atom. The molecule has 2 aromatic rings. The number of rotatable bonds is 3. The molecule has 0 amide bonds. The van der Waals surface area contributed by atoms with Gasteiger partial charge < -0.3 is 9.73 Å². The van der Waals surface area contributed by atoms with Crippen molar-refractivity contribution >= 4 is 5.95 Å². The summed E-state index contributed by atoms with van der Waals surface area (Å²) in [7, 11) is 0.